The van der Waals surface area contributed by atoms with Crippen LogP contribution in [0.1, 0.15) is 70.7 Å². The van der Waals surface area contributed by atoms with Gasteiger partial charge in [0, 0.05) is 54.1 Å². The highest BCUT2D eigenvalue weighted by molar-refractivity contribution is 7.15. The molecule has 7 aromatic rings. The molecule has 3 aliphatic rings. The Morgan fingerprint density at radius 1 is 0.614 bits per heavy atom. The number of piperidine rings is 2. The van der Waals surface area contributed by atoms with Crippen LogP contribution in [-0.4, -0.2) is 107 Å². The second kappa shape index (κ2) is 23.1. The molecule has 2 fully saturated rings. The van der Waals surface area contributed by atoms with Crippen LogP contribution in [0.25, 0.3) is 34.0 Å². The molecule has 2 aromatic carbocycles. The predicted octanol–water partition coefficient (Wildman–Crippen LogP) is 8.88. The number of hydrogen-bond donors (Lipinski definition) is 2. The van der Waals surface area contributed by atoms with Gasteiger partial charge in [-0.25, -0.2) is 9.97 Å². The van der Waals surface area contributed by atoms with Crippen LogP contribution in [0.4, 0.5) is 10.3 Å². The van der Waals surface area contributed by atoms with Crippen molar-refractivity contribution in [2.75, 3.05) is 55.9 Å². The number of rotatable bonds is 17. The SMILES string of the molecule is NC(=O)[C@@H]1CCCCN1CCCN(C(=O)c1cccs1)c1nc(-c2cc(-c3ccccc3)no2)cs1.NC(=O)[C@@H]1CCCCN1CCCN(C(=O)c1cccs1)c1nc(-c2ccc3c(c2)OCO3)cs1. The Kier molecular flexibility index (Phi) is 16.1. The van der Waals surface area contributed by atoms with Gasteiger partial charge in [-0.2, -0.15) is 0 Å². The average molecular weight is 1020 g/mol. The van der Waals surface area contributed by atoms with Crippen LogP contribution in [0, 0.1) is 0 Å². The van der Waals surface area contributed by atoms with Gasteiger partial charge >= 0.3 is 0 Å². The van der Waals surface area contributed by atoms with Crippen molar-refractivity contribution in [3.05, 3.63) is 110 Å². The second-order valence-corrected chi connectivity index (χ2v) is 20.6. The van der Waals surface area contributed by atoms with Crippen molar-refractivity contribution >= 4 is 79.2 Å². The van der Waals surface area contributed by atoms with Crippen LogP contribution in [0.5, 0.6) is 11.5 Å². The van der Waals surface area contributed by atoms with Gasteiger partial charge in [-0.1, -0.05) is 60.5 Å². The molecular weight excluding hydrogens is 967 g/mol. The van der Waals surface area contributed by atoms with Gasteiger partial charge in [0.05, 0.1) is 27.5 Å². The fourth-order valence-corrected chi connectivity index (χ4v) is 11.9. The maximum absolute atomic E-state index is 13.4. The van der Waals surface area contributed by atoms with Gasteiger partial charge in [-0.15, -0.1) is 45.3 Å². The van der Waals surface area contributed by atoms with E-state index in [1.165, 1.54) is 45.3 Å². The molecule has 2 atom stereocenters. The van der Waals surface area contributed by atoms with Crippen LogP contribution in [0.15, 0.2) is 105 Å². The largest absolute Gasteiger partial charge is 0.454 e. The molecule has 0 spiro atoms. The smallest absolute Gasteiger partial charge is 0.270 e. The molecule has 2 saturated heterocycles. The summed E-state index contributed by atoms with van der Waals surface area (Å²) in [6.45, 7) is 4.33. The van der Waals surface area contributed by atoms with E-state index in [2.05, 4.69) is 15.0 Å². The number of primary amides is 2. The summed E-state index contributed by atoms with van der Waals surface area (Å²) < 4.78 is 16.5. The Bertz CT molecular complexity index is 2850. The van der Waals surface area contributed by atoms with Crippen molar-refractivity contribution in [2.45, 2.75) is 63.5 Å². The Hall–Kier alpha value is -6.29. The second-order valence-electron chi connectivity index (χ2n) is 17.0. The maximum atomic E-state index is 13.4. The molecule has 0 aliphatic carbocycles. The van der Waals surface area contributed by atoms with Crippen LogP contribution in [-0.2, 0) is 9.59 Å². The number of amides is 4. The van der Waals surface area contributed by atoms with E-state index in [-0.39, 0.29) is 42.5 Å². The van der Waals surface area contributed by atoms with Crippen LogP contribution in [0.2, 0.25) is 0 Å². The first-order valence-corrected chi connectivity index (χ1v) is 26.8. The number of ether oxygens (including phenoxy) is 2. The summed E-state index contributed by atoms with van der Waals surface area (Å²) in [5.74, 6) is 1.29. The zero-order chi connectivity index (χ0) is 48.4. The highest BCUT2D eigenvalue weighted by atomic mass is 32.1. The van der Waals surface area contributed by atoms with E-state index in [1.807, 2.05) is 100 Å². The lowest BCUT2D eigenvalue weighted by atomic mass is 10.0. The summed E-state index contributed by atoms with van der Waals surface area (Å²) in [7, 11) is 0. The molecule has 70 heavy (non-hydrogen) atoms. The van der Waals surface area contributed by atoms with E-state index >= 15 is 0 Å². The number of anilines is 2. The average Bonchev–Trinajstić information content (AvgIpc) is 4.25. The minimum atomic E-state index is -0.271. The molecular formula is C50H53N9O7S4. The molecule has 4 N–H and O–H groups in total. The topological polar surface area (TPSA) is 204 Å². The third kappa shape index (κ3) is 11.7. The maximum Gasteiger partial charge on any atom is 0.270 e. The number of carbonyl (C=O) groups is 4. The highest BCUT2D eigenvalue weighted by Crippen LogP contribution is 2.38. The first-order valence-electron chi connectivity index (χ1n) is 23.3. The molecule has 0 radical (unpaired) electrons. The van der Waals surface area contributed by atoms with Crippen molar-refractivity contribution < 1.29 is 33.2 Å². The summed E-state index contributed by atoms with van der Waals surface area (Å²) in [6.07, 6.45) is 7.18. The summed E-state index contributed by atoms with van der Waals surface area (Å²) >= 11 is 5.67. The molecule has 0 saturated carbocycles. The third-order valence-electron chi connectivity index (χ3n) is 12.4. The number of hydrogen-bond acceptors (Lipinski definition) is 16. The number of thiophene rings is 2. The number of aromatic nitrogens is 3. The first kappa shape index (κ1) is 48.7. The fraction of sp³-hybridized carbons (Fsp3) is 0.340. The van der Waals surface area contributed by atoms with Crippen molar-refractivity contribution in [2.24, 2.45) is 11.5 Å². The molecule has 3 aliphatic heterocycles. The number of fused-ring (bicyclic) bond motifs is 1. The monoisotopic (exact) mass is 1020 g/mol. The van der Waals surface area contributed by atoms with Gasteiger partial charge in [-0.05, 0) is 92.7 Å². The lowest BCUT2D eigenvalue weighted by Gasteiger charge is -2.34. The molecule has 8 heterocycles. The Morgan fingerprint density at radius 3 is 1.76 bits per heavy atom. The van der Waals surface area contributed by atoms with Gasteiger partial charge in [0.1, 0.15) is 11.4 Å². The summed E-state index contributed by atoms with van der Waals surface area (Å²) in [5.41, 5.74) is 15.3. The van der Waals surface area contributed by atoms with Crippen molar-refractivity contribution in [3.63, 3.8) is 0 Å². The number of carbonyl (C=O) groups excluding carboxylic acids is 4. The zero-order valence-corrected chi connectivity index (χ0v) is 41.6. The van der Waals surface area contributed by atoms with E-state index < -0.39 is 0 Å². The van der Waals surface area contributed by atoms with E-state index in [9.17, 15) is 19.2 Å². The minimum Gasteiger partial charge on any atom is -0.454 e. The van der Waals surface area contributed by atoms with Crippen molar-refractivity contribution in [1.29, 1.82) is 0 Å². The van der Waals surface area contributed by atoms with Gasteiger partial charge in [0.15, 0.2) is 27.5 Å². The molecule has 364 valence electrons. The number of likely N-dealkylation sites (tertiary alicyclic amines) is 2. The Balaban J connectivity index is 0.000000174. The first-order chi connectivity index (χ1) is 34.2. The number of benzene rings is 2. The fourth-order valence-electron chi connectivity index (χ4n) is 8.88. The van der Waals surface area contributed by atoms with E-state index in [4.69, 9.17) is 35.4 Å². The van der Waals surface area contributed by atoms with Gasteiger partial charge in [0.25, 0.3) is 11.8 Å². The molecule has 16 nitrogen and oxygen atoms in total. The summed E-state index contributed by atoms with van der Waals surface area (Å²) in [4.78, 5) is 69.1. The predicted molar refractivity (Wildman–Crippen MR) is 275 cm³/mol. The lowest BCUT2D eigenvalue weighted by molar-refractivity contribution is -0.125. The number of nitrogens with zero attached hydrogens (tertiary/aromatic N) is 7. The molecule has 10 rings (SSSR count). The quantitative estimate of drug-likeness (QED) is 0.0878. The van der Waals surface area contributed by atoms with E-state index in [0.717, 1.165) is 86.3 Å². The van der Waals surface area contributed by atoms with Crippen LogP contribution >= 0.6 is 45.3 Å². The molecule has 20 heteroatoms. The lowest BCUT2D eigenvalue weighted by Crippen LogP contribution is -2.48. The minimum absolute atomic E-state index is 0.0633. The van der Waals surface area contributed by atoms with Crippen molar-refractivity contribution in [3.8, 4) is 45.5 Å². The normalized spacial score (nSPS) is 16.9. The zero-order valence-electron chi connectivity index (χ0n) is 38.4. The standard InChI is InChI=1S/C26H27N5O3S2.C24H26N4O4S2/c27-24(32)21-10-4-5-12-30(21)13-7-14-31(25(33)23-11-6-15-35-23)26-28-20(17-36-26)22-16-19(29-34-22)18-8-2-1-3-9-18;25-22(29)18-5-1-2-9-27(18)10-4-11-28(23(30)21-6-3-12-33-21)24-26-17(14-34-24)16-7-8-19-20(13-16)32-15-31-19/h1-3,6,8-9,11,15-17,21H,4-5,7,10,12-14H2,(H2,27,32);3,6-8,12-14,18H,1-2,4-5,9-11,15H2,(H2,25,29)/t21-;18-/m00/s1. The van der Waals surface area contributed by atoms with E-state index in [0.29, 0.717) is 69.8 Å². The molecule has 5 aromatic heterocycles. The third-order valence-corrected chi connectivity index (χ3v) is 15.9. The van der Waals surface area contributed by atoms with E-state index in [1.54, 1.807) is 9.80 Å². The van der Waals surface area contributed by atoms with Crippen molar-refractivity contribution in [1.82, 2.24) is 24.9 Å². The summed E-state index contributed by atoms with van der Waals surface area (Å²) in [6, 6.07) is 24.4. The highest BCUT2D eigenvalue weighted by Gasteiger charge is 2.30. The van der Waals surface area contributed by atoms with Gasteiger partial charge < -0.3 is 25.5 Å². The number of thiazole rings is 2. The summed E-state index contributed by atoms with van der Waals surface area (Å²) in [5, 5.41) is 13.1. The van der Waals surface area contributed by atoms with Crippen LogP contribution < -0.4 is 30.7 Å². The van der Waals surface area contributed by atoms with Gasteiger partial charge in [0.2, 0.25) is 18.6 Å². The molecule has 0 bridgehead atoms. The van der Waals surface area contributed by atoms with Crippen LogP contribution in [0.3, 0.4) is 0 Å². The Labute approximate surface area is 421 Å². The molecule has 0 unspecified atom stereocenters. The van der Waals surface area contributed by atoms with Gasteiger partial charge in [-0.3, -0.25) is 38.8 Å². The number of nitrogens with two attached hydrogens (primary N) is 2. The Morgan fingerprint density at radius 2 is 1.19 bits per heavy atom. The molecule has 4 amide bonds.